The molecule has 162 valence electrons. The highest BCUT2D eigenvalue weighted by Crippen LogP contribution is 2.26. The van der Waals surface area contributed by atoms with Gasteiger partial charge in [-0.1, -0.05) is 18.2 Å². The first-order valence-electron chi connectivity index (χ1n) is 10.1. The van der Waals surface area contributed by atoms with Crippen molar-refractivity contribution < 1.29 is 17.6 Å². The van der Waals surface area contributed by atoms with Gasteiger partial charge < -0.3 is 10.2 Å². The number of sulfonamides is 1. The minimum absolute atomic E-state index is 0.256. The lowest BCUT2D eigenvalue weighted by Crippen LogP contribution is -2.48. The van der Waals surface area contributed by atoms with Crippen LogP contribution >= 0.6 is 0 Å². The first kappa shape index (κ1) is 22.1. The Morgan fingerprint density at radius 3 is 2.60 bits per heavy atom. The fourth-order valence-corrected chi connectivity index (χ4v) is 5.04. The van der Waals surface area contributed by atoms with E-state index in [2.05, 4.69) is 28.4 Å². The van der Waals surface area contributed by atoms with Crippen LogP contribution in [0.15, 0.2) is 48.5 Å². The third-order valence-electron chi connectivity index (χ3n) is 5.28. The fourth-order valence-electron chi connectivity index (χ4n) is 3.87. The molecule has 6 nitrogen and oxygen atoms in total. The molecule has 0 radical (unpaired) electrons. The van der Waals surface area contributed by atoms with Gasteiger partial charge in [-0.25, -0.2) is 12.8 Å². The van der Waals surface area contributed by atoms with Crippen LogP contribution in [-0.2, 0) is 21.2 Å². The second-order valence-electron chi connectivity index (χ2n) is 7.58. The number of fused-ring (bicyclic) bond motifs is 1. The van der Waals surface area contributed by atoms with E-state index < -0.39 is 21.9 Å². The van der Waals surface area contributed by atoms with Crippen LogP contribution < -0.4 is 14.5 Å². The number of hydrogen-bond donors (Lipinski definition) is 1. The molecule has 1 atom stereocenters. The van der Waals surface area contributed by atoms with Crippen molar-refractivity contribution in [2.75, 3.05) is 35.1 Å². The zero-order chi connectivity index (χ0) is 21.7. The molecular weight excluding hydrogens is 405 g/mol. The van der Waals surface area contributed by atoms with Crippen molar-refractivity contribution in [2.24, 2.45) is 0 Å². The number of nitrogens with zero attached hydrogens (tertiary/aromatic N) is 2. The lowest BCUT2D eigenvalue weighted by atomic mass is 10.0. The smallest absolute Gasteiger partial charge is 0.243 e. The Labute approximate surface area is 177 Å². The van der Waals surface area contributed by atoms with Gasteiger partial charge in [-0.15, -0.1) is 0 Å². The first-order valence-corrected chi connectivity index (χ1v) is 12.0. The van der Waals surface area contributed by atoms with Crippen molar-refractivity contribution in [1.29, 1.82) is 0 Å². The number of aryl methyl sites for hydroxylation is 1. The summed E-state index contributed by atoms with van der Waals surface area (Å²) in [6.45, 7) is 3.79. The second kappa shape index (κ2) is 9.47. The molecule has 1 unspecified atom stereocenters. The fraction of sp³-hybridized carbons (Fsp3) is 0.409. The number of carbonyl (C=O) groups excluding carboxylic acids is 1. The van der Waals surface area contributed by atoms with Crippen LogP contribution in [0.5, 0.6) is 0 Å². The van der Waals surface area contributed by atoms with Crippen molar-refractivity contribution in [3.8, 4) is 0 Å². The molecule has 0 spiro atoms. The van der Waals surface area contributed by atoms with Crippen molar-refractivity contribution >= 4 is 27.3 Å². The number of hydrogen-bond acceptors (Lipinski definition) is 4. The number of nitrogens with one attached hydrogen (secondary N) is 1. The van der Waals surface area contributed by atoms with E-state index in [1.165, 1.54) is 42.4 Å². The second-order valence-corrected chi connectivity index (χ2v) is 9.43. The van der Waals surface area contributed by atoms with E-state index in [1.54, 1.807) is 0 Å². The van der Waals surface area contributed by atoms with Gasteiger partial charge in [0.25, 0.3) is 0 Å². The lowest BCUT2D eigenvalue weighted by molar-refractivity contribution is -0.121. The summed E-state index contributed by atoms with van der Waals surface area (Å²) in [5.74, 6) is -0.854. The van der Waals surface area contributed by atoms with Crippen LogP contribution in [0, 0.1) is 5.82 Å². The van der Waals surface area contributed by atoms with Gasteiger partial charge in [0.2, 0.25) is 15.9 Å². The van der Waals surface area contributed by atoms with Gasteiger partial charge in [-0.05, 0) is 62.1 Å². The molecule has 1 aliphatic rings. The van der Waals surface area contributed by atoms with Crippen molar-refractivity contribution in [3.05, 3.63) is 59.9 Å². The molecule has 3 rings (SSSR count). The standard InChI is InChI=1S/C22H28FN3O3S/c1-17(26(30(2,28)29)20-12-10-19(23)11-13-20)22(27)24-14-6-16-25-15-5-8-18-7-3-4-9-21(18)25/h3-4,7,9-13,17H,5-6,8,14-16H2,1-2H3,(H,24,27). The average molecular weight is 434 g/mol. The number of benzene rings is 2. The number of anilines is 2. The molecule has 0 saturated carbocycles. The molecule has 0 bridgehead atoms. The maximum absolute atomic E-state index is 13.2. The van der Waals surface area contributed by atoms with Gasteiger partial charge in [0, 0.05) is 25.3 Å². The van der Waals surface area contributed by atoms with E-state index in [0.717, 1.165) is 42.9 Å². The number of rotatable bonds is 8. The molecule has 0 saturated heterocycles. The van der Waals surface area contributed by atoms with E-state index in [1.807, 2.05) is 6.07 Å². The molecule has 2 aromatic rings. The normalized spacial score (nSPS) is 14.7. The summed E-state index contributed by atoms with van der Waals surface area (Å²) >= 11 is 0. The summed E-state index contributed by atoms with van der Waals surface area (Å²) in [5, 5.41) is 2.83. The van der Waals surface area contributed by atoms with Gasteiger partial charge in [0.1, 0.15) is 11.9 Å². The molecular formula is C22H28FN3O3S. The zero-order valence-corrected chi connectivity index (χ0v) is 18.2. The van der Waals surface area contributed by atoms with Crippen molar-refractivity contribution in [3.63, 3.8) is 0 Å². The van der Waals surface area contributed by atoms with Crippen LogP contribution in [0.3, 0.4) is 0 Å². The van der Waals surface area contributed by atoms with Gasteiger partial charge in [0.15, 0.2) is 0 Å². The molecule has 1 heterocycles. The summed E-state index contributed by atoms with van der Waals surface area (Å²) in [5.41, 5.74) is 2.86. The number of amides is 1. The Balaban J connectivity index is 1.57. The maximum Gasteiger partial charge on any atom is 0.243 e. The van der Waals surface area contributed by atoms with Crippen LogP contribution in [0.25, 0.3) is 0 Å². The zero-order valence-electron chi connectivity index (χ0n) is 17.3. The van der Waals surface area contributed by atoms with E-state index in [4.69, 9.17) is 0 Å². The Hall–Kier alpha value is -2.61. The third kappa shape index (κ3) is 5.30. The largest absolute Gasteiger partial charge is 0.371 e. The first-order chi connectivity index (χ1) is 14.3. The van der Waals surface area contributed by atoms with Crippen LogP contribution in [0.2, 0.25) is 0 Å². The van der Waals surface area contributed by atoms with E-state index >= 15 is 0 Å². The predicted octanol–water partition coefficient (Wildman–Crippen LogP) is 2.94. The Morgan fingerprint density at radius 2 is 1.90 bits per heavy atom. The predicted molar refractivity (Wildman–Crippen MR) is 118 cm³/mol. The highest BCUT2D eigenvalue weighted by Gasteiger charge is 2.29. The minimum Gasteiger partial charge on any atom is -0.371 e. The minimum atomic E-state index is -3.71. The highest BCUT2D eigenvalue weighted by atomic mass is 32.2. The molecule has 30 heavy (non-hydrogen) atoms. The molecule has 0 aromatic heterocycles. The number of halogens is 1. The molecule has 8 heteroatoms. The van der Waals surface area contributed by atoms with E-state index in [9.17, 15) is 17.6 Å². The van der Waals surface area contributed by atoms with Gasteiger partial charge >= 0.3 is 0 Å². The van der Waals surface area contributed by atoms with Crippen LogP contribution in [-0.4, -0.2) is 46.3 Å². The Bertz CT molecular complexity index is 979. The molecule has 2 aromatic carbocycles. The quantitative estimate of drug-likeness (QED) is 0.650. The highest BCUT2D eigenvalue weighted by molar-refractivity contribution is 7.92. The molecule has 0 aliphatic carbocycles. The summed E-state index contributed by atoms with van der Waals surface area (Å²) in [6, 6.07) is 12.5. The third-order valence-corrected chi connectivity index (χ3v) is 6.52. The van der Waals surface area contributed by atoms with E-state index in [0.29, 0.717) is 6.54 Å². The van der Waals surface area contributed by atoms with Crippen molar-refractivity contribution in [1.82, 2.24) is 5.32 Å². The Morgan fingerprint density at radius 1 is 1.20 bits per heavy atom. The van der Waals surface area contributed by atoms with Crippen molar-refractivity contribution in [2.45, 2.75) is 32.2 Å². The maximum atomic E-state index is 13.2. The molecule has 1 amide bonds. The molecule has 1 N–H and O–H groups in total. The average Bonchev–Trinajstić information content (AvgIpc) is 2.71. The van der Waals surface area contributed by atoms with Crippen LogP contribution in [0.1, 0.15) is 25.3 Å². The molecule has 1 aliphatic heterocycles. The van der Waals surface area contributed by atoms with Crippen LogP contribution in [0.4, 0.5) is 15.8 Å². The lowest BCUT2D eigenvalue weighted by Gasteiger charge is -2.31. The van der Waals surface area contributed by atoms with Gasteiger partial charge in [-0.3, -0.25) is 9.10 Å². The number of para-hydroxylation sites is 1. The summed E-state index contributed by atoms with van der Waals surface area (Å²) < 4.78 is 38.7. The number of carbonyl (C=O) groups is 1. The summed E-state index contributed by atoms with van der Waals surface area (Å²) in [6.07, 6.45) is 3.99. The summed E-state index contributed by atoms with van der Waals surface area (Å²) in [4.78, 5) is 14.9. The summed E-state index contributed by atoms with van der Waals surface area (Å²) in [7, 11) is -3.71. The van der Waals surface area contributed by atoms with Gasteiger partial charge in [0.05, 0.1) is 11.9 Å². The topological polar surface area (TPSA) is 69.7 Å². The monoisotopic (exact) mass is 433 g/mol. The Kier molecular flexibility index (Phi) is 6.97. The molecule has 0 fully saturated rings. The van der Waals surface area contributed by atoms with Gasteiger partial charge in [-0.2, -0.15) is 0 Å². The van der Waals surface area contributed by atoms with E-state index in [-0.39, 0.29) is 11.6 Å². The SMILES string of the molecule is CC(C(=O)NCCCN1CCCc2ccccc21)N(c1ccc(F)cc1)S(C)(=O)=O.